The Morgan fingerprint density at radius 1 is 1.12 bits per heavy atom. The van der Waals surface area contributed by atoms with Crippen LogP contribution < -0.4 is 4.90 Å². The molecular formula is C21H16ClNO3. The molecule has 1 aliphatic carbocycles. The molecule has 1 heterocycles. The minimum atomic E-state index is -1.25. The lowest BCUT2D eigenvalue weighted by Gasteiger charge is -2.29. The first-order valence-electron chi connectivity index (χ1n) is 8.16. The van der Waals surface area contributed by atoms with Crippen LogP contribution in [0, 0.1) is 0 Å². The Hall–Kier alpha value is -2.85. The third-order valence-corrected chi connectivity index (χ3v) is 5.30. The van der Waals surface area contributed by atoms with E-state index < -0.39 is 11.4 Å². The highest BCUT2D eigenvalue weighted by Crippen LogP contribution is 2.56. The number of hydrogen-bond acceptors (Lipinski definition) is 3. The van der Waals surface area contributed by atoms with E-state index in [9.17, 15) is 9.59 Å². The van der Waals surface area contributed by atoms with Crippen molar-refractivity contribution in [3.8, 4) is 0 Å². The van der Waals surface area contributed by atoms with Crippen molar-refractivity contribution < 1.29 is 14.3 Å². The average Bonchev–Trinajstić information content (AvgIpc) is 3.16. The summed E-state index contributed by atoms with van der Waals surface area (Å²) in [5.41, 5.74) is 2.11. The van der Waals surface area contributed by atoms with Gasteiger partial charge in [-0.1, -0.05) is 48.0 Å². The number of likely N-dealkylation sites (N-methyl/N-ethyl adjacent to an activating group) is 1. The van der Waals surface area contributed by atoms with Crippen molar-refractivity contribution in [2.75, 3.05) is 19.1 Å². The van der Waals surface area contributed by atoms with Crippen LogP contribution in [-0.4, -0.2) is 26.0 Å². The molecule has 0 saturated carbocycles. The molecule has 4 nitrogen and oxygen atoms in total. The number of anilines is 1. The summed E-state index contributed by atoms with van der Waals surface area (Å²) in [5, 5.41) is 0.509. The zero-order valence-electron chi connectivity index (χ0n) is 14.3. The number of nitrogens with zero attached hydrogens (tertiary/aromatic N) is 1. The fraction of sp³-hybridized carbons (Fsp3) is 0.143. The largest absolute Gasteiger partial charge is 0.466 e. The van der Waals surface area contributed by atoms with Crippen molar-refractivity contribution in [1.82, 2.24) is 0 Å². The first kappa shape index (κ1) is 16.6. The summed E-state index contributed by atoms with van der Waals surface area (Å²) in [6, 6.07) is 14.9. The summed E-state index contributed by atoms with van der Waals surface area (Å²) in [7, 11) is 3.03. The molecule has 1 atom stereocenters. The standard InChI is InChI=1S/C21H16ClNO3/c1-23-18-11-8-14(22)12-17(18)21(20(23)25)15(13-6-4-3-5-7-13)9-10-16(21)19(24)26-2/h3-12H,1-2H3/t21-/m0/s1. The van der Waals surface area contributed by atoms with Gasteiger partial charge in [-0.2, -0.15) is 0 Å². The normalized spacial score (nSPS) is 20.9. The third kappa shape index (κ3) is 2.02. The topological polar surface area (TPSA) is 46.6 Å². The van der Waals surface area contributed by atoms with Gasteiger partial charge in [0.25, 0.3) is 0 Å². The van der Waals surface area contributed by atoms with E-state index in [4.69, 9.17) is 16.3 Å². The molecule has 26 heavy (non-hydrogen) atoms. The molecule has 1 amide bonds. The number of rotatable bonds is 2. The van der Waals surface area contributed by atoms with Crippen LogP contribution in [-0.2, 0) is 19.7 Å². The van der Waals surface area contributed by atoms with Crippen LogP contribution in [0.3, 0.4) is 0 Å². The number of ether oxygens (including phenoxy) is 1. The van der Waals surface area contributed by atoms with Crippen LogP contribution in [0.25, 0.3) is 5.57 Å². The summed E-state index contributed by atoms with van der Waals surface area (Å²) in [6.45, 7) is 0. The zero-order chi connectivity index (χ0) is 18.5. The van der Waals surface area contributed by atoms with E-state index in [-0.39, 0.29) is 5.91 Å². The Labute approximate surface area is 156 Å². The monoisotopic (exact) mass is 365 g/mol. The summed E-state index contributed by atoms with van der Waals surface area (Å²) >= 11 is 6.25. The molecule has 1 aliphatic heterocycles. The molecule has 130 valence electrons. The smallest absolute Gasteiger partial charge is 0.335 e. The molecule has 2 aromatic rings. The SMILES string of the molecule is COC(=O)C1=CC=C(c2ccccc2)[C@]12C(=O)N(C)c1ccc(Cl)cc12. The van der Waals surface area contributed by atoms with Crippen LogP contribution in [0.15, 0.2) is 66.3 Å². The summed E-state index contributed by atoms with van der Waals surface area (Å²) in [4.78, 5) is 27.7. The molecule has 0 saturated heterocycles. The summed E-state index contributed by atoms with van der Waals surface area (Å²) in [6.07, 6.45) is 3.50. The highest BCUT2D eigenvalue weighted by molar-refractivity contribution is 6.31. The van der Waals surface area contributed by atoms with E-state index >= 15 is 0 Å². The molecular weight excluding hydrogens is 350 g/mol. The number of halogens is 1. The number of hydrogen-bond donors (Lipinski definition) is 0. The number of carbonyl (C=O) groups is 2. The van der Waals surface area contributed by atoms with Crippen LogP contribution in [0.4, 0.5) is 5.69 Å². The highest BCUT2D eigenvalue weighted by atomic mass is 35.5. The van der Waals surface area contributed by atoms with Crippen molar-refractivity contribution in [3.63, 3.8) is 0 Å². The average molecular weight is 366 g/mol. The van der Waals surface area contributed by atoms with Gasteiger partial charge >= 0.3 is 5.97 Å². The second kappa shape index (κ2) is 5.85. The van der Waals surface area contributed by atoms with Crippen LogP contribution in [0.2, 0.25) is 5.02 Å². The first-order valence-corrected chi connectivity index (χ1v) is 8.54. The Bertz CT molecular complexity index is 994. The molecule has 5 heteroatoms. The van der Waals surface area contributed by atoms with E-state index in [2.05, 4.69) is 0 Å². The maximum atomic E-state index is 13.5. The lowest BCUT2D eigenvalue weighted by atomic mass is 9.70. The minimum absolute atomic E-state index is 0.195. The second-order valence-electron chi connectivity index (χ2n) is 6.29. The van der Waals surface area contributed by atoms with Crippen LogP contribution >= 0.6 is 11.6 Å². The number of esters is 1. The Kier molecular flexibility index (Phi) is 3.74. The molecule has 2 aromatic carbocycles. The third-order valence-electron chi connectivity index (χ3n) is 5.06. The number of carbonyl (C=O) groups excluding carboxylic acids is 2. The lowest BCUT2D eigenvalue weighted by Crippen LogP contribution is -2.42. The zero-order valence-corrected chi connectivity index (χ0v) is 15.1. The molecule has 0 N–H and O–H groups in total. The Morgan fingerprint density at radius 2 is 1.85 bits per heavy atom. The van der Waals surface area contributed by atoms with E-state index in [1.165, 1.54) is 7.11 Å². The van der Waals surface area contributed by atoms with E-state index in [1.807, 2.05) is 36.4 Å². The lowest BCUT2D eigenvalue weighted by molar-refractivity contribution is -0.137. The summed E-state index contributed by atoms with van der Waals surface area (Å²) in [5.74, 6) is -0.722. The van der Waals surface area contributed by atoms with Gasteiger partial charge in [-0.3, -0.25) is 4.79 Å². The number of methoxy groups -OCH3 is 1. The number of fused-ring (bicyclic) bond motifs is 2. The molecule has 0 radical (unpaired) electrons. The van der Waals surface area contributed by atoms with Gasteiger partial charge in [0.15, 0.2) is 0 Å². The van der Waals surface area contributed by atoms with Crippen LogP contribution in [0.5, 0.6) is 0 Å². The molecule has 2 aliphatic rings. The van der Waals surface area contributed by atoms with E-state index in [0.29, 0.717) is 16.2 Å². The van der Waals surface area contributed by atoms with Gasteiger partial charge < -0.3 is 9.64 Å². The van der Waals surface area contributed by atoms with Gasteiger partial charge in [0.2, 0.25) is 5.91 Å². The molecule has 0 aromatic heterocycles. The van der Waals surface area contributed by atoms with Crippen molar-refractivity contribution in [1.29, 1.82) is 0 Å². The quantitative estimate of drug-likeness (QED) is 0.761. The Morgan fingerprint density at radius 3 is 2.54 bits per heavy atom. The minimum Gasteiger partial charge on any atom is -0.466 e. The second-order valence-corrected chi connectivity index (χ2v) is 6.73. The van der Waals surface area contributed by atoms with Crippen molar-refractivity contribution in [2.45, 2.75) is 5.41 Å². The van der Waals surface area contributed by atoms with Gasteiger partial charge in [0.1, 0.15) is 5.41 Å². The molecule has 4 rings (SSSR count). The van der Waals surface area contributed by atoms with Crippen molar-refractivity contribution in [2.24, 2.45) is 0 Å². The predicted molar refractivity (Wildman–Crippen MR) is 101 cm³/mol. The van der Waals surface area contributed by atoms with E-state index in [0.717, 1.165) is 16.8 Å². The number of benzene rings is 2. The predicted octanol–water partition coefficient (Wildman–Crippen LogP) is 3.75. The van der Waals surface area contributed by atoms with Gasteiger partial charge in [-0.15, -0.1) is 0 Å². The Balaban J connectivity index is 2.05. The molecule has 0 fully saturated rings. The fourth-order valence-electron chi connectivity index (χ4n) is 3.92. The van der Waals surface area contributed by atoms with Gasteiger partial charge in [-0.25, -0.2) is 4.79 Å². The maximum Gasteiger partial charge on any atom is 0.335 e. The van der Waals surface area contributed by atoms with Gasteiger partial charge in [0, 0.05) is 23.3 Å². The summed E-state index contributed by atoms with van der Waals surface area (Å²) < 4.78 is 4.99. The highest BCUT2D eigenvalue weighted by Gasteiger charge is 2.58. The van der Waals surface area contributed by atoms with Crippen molar-refractivity contribution in [3.05, 3.63) is 82.4 Å². The molecule has 0 bridgehead atoms. The van der Waals surface area contributed by atoms with Crippen LogP contribution in [0.1, 0.15) is 11.1 Å². The maximum absolute atomic E-state index is 13.5. The first-order chi connectivity index (χ1) is 12.5. The van der Waals surface area contributed by atoms with Crippen molar-refractivity contribution >= 4 is 34.7 Å². The number of allylic oxidation sites excluding steroid dienone is 2. The van der Waals surface area contributed by atoms with Gasteiger partial charge in [-0.05, 0) is 35.4 Å². The fourth-order valence-corrected chi connectivity index (χ4v) is 4.09. The molecule has 1 spiro atoms. The van der Waals surface area contributed by atoms with E-state index in [1.54, 1.807) is 36.2 Å². The van der Waals surface area contributed by atoms with Gasteiger partial charge in [0.05, 0.1) is 12.7 Å². The molecule has 0 unspecified atom stereocenters. The number of amides is 1.